The maximum Gasteiger partial charge on any atom is 0.245 e. The molecule has 0 aliphatic carbocycles. The van der Waals surface area contributed by atoms with Crippen LogP contribution in [0.1, 0.15) is 50.3 Å². The first kappa shape index (κ1) is 32.4. The van der Waals surface area contributed by atoms with Gasteiger partial charge in [0.15, 0.2) is 0 Å². The van der Waals surface area contributed by atoms with Crippen LogP contribution in [0.3, 0.4) is 0 Å². The van der Waals surface area contributed by atoms with E-state index in [4.69, 9.17) is 17.3 Å². The lowest BCUT2D eigenvalue weighted by molar-refractivity contribution is -0.140. The van der Waals surface area contributed by atoms with Crippen LogP contribution in [-0.2, 0) is 16.0 Å². The molecule has 4 rings (SSSR count). The van der Waals surface area contributed by atoms with Crippen molar-refractivity contribution in [1.29, 1.82) is 0 Å². The summed E-state index contributed by atoms with van der Waals surface area (Å²) in [7, 11) is 2.17. The van der Waals surface area contributed by atoms with Crippen molar-refractivity contribution in [2.45, 2.75) is 57.7 Å². The Balaban J connectivity index is 1.41. The summed E-state index contributed by atoms with van der Waals surface area (Å²) in [6, 6.07) is 12.2. The van der Waals surface area contributed by atoms with Crippen LogP contribution in [0.2, 0.25) is 5.02 Å². The largest absolute Gasteiger partial charge is 0.344 e. The first-order valence-corrected chi connectivity index (χ1v) is 15.5. The molecule has 42 heavy (non-hydrogen) atoms. The molecule has 2 aromatic carbocycles. The molecule has 2 atom stereocenters. The van der Waals surface area contributed by atoms with Gasteiger partial charge in [-0.2, -0.15) is 0 Å². The van der Waals surface area contributed by atoms with Crippen molar-refractivity contribution >= 4 is 23.4 Å². The molecule has 0 radical (unpaired) electrons. The number of carbonyl (C=O) groups is 2. The fourth-order valence-electron chi connectivity index (χ4n) is 5.89. The van der Waals surface area contributed by atoms with Gasteiger partial charge in [0.1, 0.15) is 11.9 Å². The van der Waals surface area contributed by atoms with E-state index in [-0.39, 0.29) is 18.2 Å². The van der Waals surface area contributed by atoms with Gasteiger partial charge in [-0.1, -0.05) is 49.7 Å². The Kier molecular flexibility index (Phi) is 11.7. The maximum absolute atomic E-state index is 13.9. The molecule has 0 spiro atoms. The van der Waals surface area contributed by atoms with Gasteiger partial charge in [-0.15, -0.1) is 0 Å². The number of hydrazine groups is 1. The molecule has 0 aromatic heterocycles. The molecule has 2 aliphatic heterocycles. The molecule has 0 unspecified atom stereocenters. The highest BCUT2D eigenvalue weighted by Crippen LogP contribution is 2.23. The van der Waals surface area contributed by atoms with E-state index in [1.54, 1.807) is 24.3 Å². The summed E-state index contributed by atoms with van der Waals surface area (Å²) in [4.78, 5) is 31.2. The lowest BCUT2D eigenvalue weighted by Gasteiger charge is -2.47. The van der Waals surface area contributed by atoms with E-state index < -0.39 is 17.9 Å². The minimum Gasteiger partial charge on any atom is -0.344 e. The van der Waals surface area contributed by atoms with Gasteiger partial charge in [0.05, 0.1) is 0 Å². The number of likely N-dealkylation sites (N-methyl/N-ethyl adjacent to an activating group) is 1. The predicted molar refractivity (Wildman–Crippen MR) is 165 cm³/mol. The molecule has 10 heteroatoms. The average molecular weight is 601 g/mol. The quantitative estimate of drug-likeness (QED) is 0.409. The molecule has 2 heterocycles. The van der Waals surface area contributed by atoms with Crippen molar-refractivity contribution in [3.63, 3.8) is 0 Å². The van der Waals surface area contributed by atoms with E-state index in [0.717, 1.165) is 51.1 Å². The number of amides is 2. The van der Waals surface area contributed by atoms with Crippen LogP contribution < -0.4 is 11.1 Å². The normalized spacial score (nSPS) is 18.8. The lowest BCUT2D eigenvalue weighted by atomic mass is 9.99. The number of benzene rings is 2. The van der Waals surface area contributed by atoms with Crippen molar-refractivity contribution in [2.75, 3.05) is 52.9 Å². The Hall–Kier alpha value is -2.56. The minimum absolute atomic E-state index is 0.0505. The smallest absolute Gasteiger partial charge is 0.245 e. The number of nitrogens with zero attached hydrogens (tertiary/aromatic N) is 4. The zero-order valence-corrected chi connectivity index (χ0v) is 25.9. The number of piperidine rings is 1. The van der Waals surface area contributed by atoms with Crippen LogP contribution in [0.4, 0.5) is 4.39 Å². The minimum atomic E-state index is -0.737. The lowest BCUT2D eigenvalue weighted by Crippen LogP contribution is -2.60. The molecule has 2 saturated heterocycles. The van der Waals surface area contributed by atoms with Crippen LogP contribution in [0.5, 0.6) is 0 Å². The summed E-state index contributed by atoms with van der Waals surface area (Å²) in [6.45, 7) is 11.0. The van der Waals surface area contributed by atoms with Gasteiger partial charge in [0, 0.05) is 75.8 Å². The van der Waals surface area contributed by atoms with Crippen LogP contribution >= 0.6 is 11.6 Å². The highest BCUT2D eigenvalue weighted by Gasteiger charge is 2.34. The Labute approximate surface area is 254 Å². The van der Waals surface area contributed by atoms with E-state index in [9.17, 15) is 14.0 Å². The number of carbonyl (C=O) groups excluding carboxylic acids is 2. The fraction of sp³-hybridized carbons (Fsp3) is 0.562. The van der Waals surface area contributed by atoms with E-state index >= 15 is 0 Å². The van der Waals surface area contributed by atoms with Crippen LogP contribution in [0.25, 0.3) is 0 Å². The molecule has 2 aromatic rings. The number of hydrogen-bond acceptors (Lipinski definition) is 6. The van der Waals surface area contributed by atoms with Crippen molar-refractivity contribution < 1.29 is 14.0 Å². The van der Waals surface area contributed by atoms with Crippen molar-refractivity contribution in [2.24, 2.45) is 11.7 Å². The fourth-order valence-corrected chi connectivity index (χ4v) is 6.02. The maximum atomic E-state index is 13.9. The molecule has 2 fully saturated rings. The average Bonchev–Trinajstić information content (AvgIpc) is 2.97. The van der Waals surface area contributed by atoms with E-state index in [2.05, 4.69) is 41.1 Å². The van der Waals surface area contributed by atoms with E-state index in [1.165, 1.54) is 12.1 Å². The second-order valence-corrected chi connectivity index (χ2v) is 12.6. The van der Waals surface area contributed by atoms with Gasteiger partial charge >= 0.3 is 0 Å². The molecule has 230 valence electrons. The van der Waals surface area contributed by atoms with Gasteiger partial charge in [-0.05, 0) is 61.2 Å². The molecule has 2 aliphatic rings. The van der Waals surface area contributed by atoms with E-state index in [1.807, 2.05) is 17.0 Å². The first-order chi connectivity index (χ1) is 20.1. The van der Waals surface area contributed by atoms with Crippen LogP contribution in [-0.4, -0.2) is 96.6 Å². The number of nitrogens with two attached hydrogens (primary N) is 1. The summed E-state index contributed by atoms with van der Waals surface area (Å²) >= 11 is 6.08. The predicted octanol–water partition coefficient (Wildman–Crippen LogP) is 3.71. The Morgan fingerprint density at radius 1 is 1.05 bits per heavy atom. The molecule has 3 N–H and O–H groups in total. The van der Waals surface area contributed by atoms with Crippen molar-refractivity contribution in [1.82, 2.24) is 25.1 Å². The third kappa shape index (κ3) is 9.22. The second kappa shape index (κ2) is 15.3. The molecule has 0 saturated carbocycles. The third-order valence-electron chi connectivity index (χ3n) is 8.26. The molecular weight excluding hydrogens is 555 g/mol. The van der Waals surface area contributed by atoms with E-state index in [0.29, 0.717) is 42.1 Å². The number of likely N-dealkylation sites (tertiary alicyclic amines) is 1. The highest BCUT2D eigenvalue weighted by atomic mass is 35.5. The molecular formula is C32H46ClFN6O2. The van der Waals surface area contributed by atoms with Crippen molar-refractivity contribution in [3.05, 3.63) is 70.5 Å². The Bertz CT molecular complexity index is 1170. The summed E-state index contributed by atoms with van der Waals surface area (Å²) in [5.41, 5.74) is 7.67. The van der Waals surface area contributed by atoms with Gasteiger partial charge in [-0.25, -0.2) is 14.4 Å². The third-order valence-corrected chi connectivity index (χ3v) is 8.51. The zero-order chi connectivity index (χ0) is 30.2. The summed E-state index contributed by atoms with van der Waals surface area (Å²) < 4.78 is 13.7. The van der Waals surface area contributed by atoms with Crippen molar-refractivity contribution in [3.8, 4) is 0 Å². The van der Waals surface area contributed by atoms with Crippen LogP contribution in [0, 0.1) is 11.7 Å². The first-order valence-electron chi connectivity index (χ1n) is 15.1. The van der Waals surface area contributed by atoms with Gasteiger partial charge in [0.25, 0.3) is 0 Å². The van der Waals surface area contributed by atoms with Gasteiger partial charge < -0.3 is 20.9 Å². The summed E-state index contributed by atoms with van der Waals surface area (Å²) in [6.07, 6.45) is 2.07. The van der Waals surface area contributed by atoms with Gasteiger partial charge in [0.2, 0.25) is 11.8 Å². The Morgan fingerprint density at radius 2 is 1.71 bits per heavy atom. The molecule has 2 amide bonds. The zero-order valence-electron chi connectivity index (χ0n) is 25.1. The summed E-state index contributed by atoms with van der Waals surface area (Å²) in [5, 5.41) is 8.62. The van der Waals surface area contributed by atoms with Crippen LogP contribution in [0.15, 0.2) is 48.5 Å². The number of halogens is 2. The highest BCUT2D eigenvalue weighted by molar-refractivity contribution is 6.30. The molecule has 8 nitrogen and oxygen atoms in total. The second-order valence-electron chi connectivity index (χ2n) is 12.1. The SMILES string of the molecule is CC(C)CN(C1CCN(C(=O)[C@@H](Cc2ccc(Cl)cc2)NC(=O)C[C@@H](N)c2cccc(F)c2)CC1)N1CCN(C)CC1. The monoisotopic (exact) mass is 600 g/mol. The summed E-state index contributed by atoms with van der Waals surface area (Å²) in [5.74, 6) is -0.289. The number of rotatable bonds is 11. The number of hydrogen-bond donors (Lipinski definition) is 2. The topological polar surface area (TPSA) is 85.1 Å². The number of piperazine rings is 1. The molecule has 0 bridgehead atoms. The number of nitrogens with one attached hydrogen (secondary N) is 1. The standard InChI is InChI=1S/C32H46ClFN6O2/c1-23(2)22-40(39-17-15-37(3)16-18-39)28-11-13-38(14-12-28)32(42)30(19-24-7-9-26(33)10-8-24)36-31(41)21-29(35)25-5-4-6-27(34)20-25/h4-10,20,23,28-30H,11-19,21-22,35H2,1-3H3,(H,36,41)/t29-,30-/m1/s1. The Morgan fingerprint density at radius 3 is 2.33 bits per heavy atom. The van der Waals surface area contributed by atoms with Gasteiger partial charge in [-0.3, -0.25) is 9.59 Å².